The van der Waals surface area contributed by atoms with E-state index in [4.69, 9.17) is 14.5 Å². The lowest BCUT2D eigenvalue weighted by atomic mass is 10.0. The molecule has 3 rings (SSSR count). The SMILES string of the molecule is CCn1nc(C)c(CN=C(NC(=O)c2cccc(OC)c2OC)Nc2ccc(C(C)C)cc2)c1C. The Morgan fingerprint density at radius 2 is 1.80 bits per heavy atom. The maximum Gasteiger partial charge on any atom is 0.261 e. The molecule has 0 aliphatic carbocycles. The second-order valence-corrected chi connectivity index (χ2v) is 8.53. The molecule has 0 saturated carbocycles. The number of anilines is 1. The van der Waals surface area contributed by atoms with Crippen molar-refractivity contribution in [3.8, 4) is 11.5 Å². The fourth-order valence-corrected chi connectivity index (χ4v) is 3.87. The number of ether oxygens (including phenoxy) is 2. The second-order valence-electron chi connectivity index (χ2n) is 8.53. The summed E-state index contributed by atoms with van der Waals surface area (Å²) in [4.78, 5) is 18.0. The van der Waals surface area contributed by atoms with Gasteiger partial charge in [0.05, 0.1) is 32.0 Å². The van der Waals surface area contributed by atoms with E-state index in [2.05, 4.69) is 48.6 Å². The fraction of sp³-hybridized carbons (Fsp3) is 0.370. The first kappa shape index (κ1) is 25.8. The summed E-state index contributed by atoms with van der Waals surface area (Å²) < 4.78 is 12.7. The third-order valence-electron chi connectivity index (χ3n) is 5.95. The summed E-state index contributed by atoms with van der Waals surface area (Å²) in [5, 5.41) is 10.7. The topological polar surface area (TPSA) is 89.8 Å². The Hall–Kier alpha value is -3.81. The van der Waals surface area contributed by atoms with Gasteiger partial charge in [0.15, 0.2) is 11.5 Å². The predicted octanol–water partition coefficient (Wildman–Crippen LogP) is 5.06. The van der Waals surface area contributed by atoms with Gasteiger partial charge in [-0.2, -0.15) is 5.10 Å². The second kappa shape index (κ2) is 11.6. The van der Waals surface area contributed by atoms with Gasteiger partial charge in [0, 0.05) is 23.5 Å². The molecule has 35 heavy (non-hydrogen) atoms. The van der Waals surface area contributed by atoms with Gasteiger partial charge in [0.1, 0.15) is 0 Å². The first-order valence-electron chi connectivity index (χ1n) is 11.8. The smallest absolute Gasteiger partial charge is 0.261 e. The number of amides is 1. The summed E-state index contributed by atoms with van der Waals surface area (Å²) in [6.45, 7) is 11.5. The van der Waals surface area contributed by atoms with E-state index in [-0.39, 0.29) is 5.91 Å². The lowest BCUT2D eigenvalue weighted by Gasteiger charge is -2.15. The minimum atomic E-state index is -0.358. The molecule has 1 aromatic heterocycles. The lowest BCUT2D eigenvalue weighted by molar-refractivity contribution is 0.0973. The zero-order valence-electron chi connectivity index (χ0n) is 21.6. The van der Waals surface area contributed by atoms with Crippen LogP contribution in [0.2, 0.25) is 0 Å². The highest BCUT2D eigenvalue weighted by atomic mass is 16.5. The number of rotatable bonds is 8. The van der Waals surface area contributed by atoms with Gasteiger partial charge in [-0.1, -0.05) is 32.0 Å². The van der Waals surface area contributed by atoms with Crippen LogP contribution in [0.5, 0.6) is 11.5 Å². The molecule has 186 valence electrons. The number of guanidine groups is 1. The Kier molecular flexibility index (Phi) is 8.52. The van der Waals surface area contributed by atoms with Crippen LogP contribution in [0.15, 0.2) is 47.5 Å². The van der Waals surface area contributed by atoms with Gasteiger partial charge in [0.25, 0.3) is 5.91 Å². The molecule has 3 aromatic rings. The van der Waals surface area contributed by atoms with E-state index in [0.717, 1.165) is 29.2 Å². The molecule has 8 nitrogen and oxygen atoms in total. The molecule has 1 heterocycles. The van der Waals surface area contributed by atoms with Crippen LogP contribution in [0.4, 0.5) is 5.69 Å². The third kappa shape index (κ3) is 6.01. The first-order chi connectivity index (χ1) is 16.8. The van der Waals surface area contributed by atoms with E-state index in [9.17, 15) is 4.79 Å². The molecule has 0 fully saturated rings. The number of aliphatic imine (C=N–C) groups is 1. The lowest BCUT2D eigenvalue weighted by Crippen LogP contribution is -2.36. The van der Waals surface area contributed by atoms with E-state index in [1.165, 1.54) is 19.8 Å². The standard InChI is InChI=1S/C27H35N5O3/c1-8-32-19(5)23(18(4)31-32)16-28-27(29-21-14-12-20(13-15-21)17(2)3)30-26(33)22-10-9-11-24(34-6)25(22)35-7/h9-15,17H,8,16H2,1-7H3,(H2,28,29,30,33). The Bertz CT molecular complexity index is 1200. The van der Waals surface area contributed by atoms with Crippen molar-refractivity contribution < 1.29 is 14.3 Å². The van der Waals surface area contributed by atoms with Gasteiger partial charge in [0.2, 0.25) is 5.96 Å². The monoisotopic (exact) mass is 477 g/mol. The highest BCUT2D eigenvalue weighted by Crippen LogP contribution is 2.30. The molecular formula is C27H35N5O3. The van der Waals surface area contributed by atoms with Crippen molar-refractivity contribution >= 4 is 17.6 Å². The van der Waals surface area contributed by atoms with Gasteiger partial charge < -0.3 is 14.8 Å². The molecule has 0 saturated heterocycles. The number of para-hydroxylation sites is 1. The number of hydrogen-bond acceptors (Lipinski definition) is 5. The molecule has 0 aliphatic rings. The molecular weight excluding hydrogens is 442 g/mol. The summed E-state index contributed by atoms with van der Waals surface area (Å²) in [6.07, 6.45) is 0. The molecule has 0 radical (unpaired) electrons. The number of aryl methyl sites for hydroxylation is 2. The summed E-state index contributed by atoms with van der Waals surface area (Å²) in [7, 11) is 3.05. The molecule has 1 amide bonds. The third-order valence-corrected chi connectivity index (χ3v) is 5.95. The molecule has 0 spiro atoms. The maximum absolute atomic E-state index is 13.2. The van der Waals surface area contributed by atoms with Crippen molar-refractivity contribution in [2.75, 3.05) is 19.5 Å². The number of nitrogens with one attached hydrogen (secondary N) is 2. The van der Waals surface area contributed by atoms with Crippen molar-refractivity contribution in [2.24, 2.45) is 4.99 Å². The Morgan fingerprint density at radius 3 is 2.37 bits per heavy atom. The normalized spacial score (nSPS) is 11.5. The van der Waals surface area contributed by atoms with E-state index in [1.54, 1.807) is 18.2 Å². The van der Waals surface area contributed by atoms with E-state index >= 15 is 0 Å². The van der Waals surface area contributed by atoms with Gasteiger partial charge >= 0.3 is 0 Å². The number of nitrogens with zero attached hydrogens (tertiary/aromatic N) is 3. The Labute approximate surface area is 207 Å². The van der Waals surface area contributed by atoms with Gasteiger partial charge in [-0.15, -0.1) is 0 Å². The highest BCUT2D eigenvalue weighted by molar-refractivity contribution is 6.11. The number of carbonyl (C=O) groups is 1. The minimum Gasteiger partial charge on any atom is -0.493 e. The zero-order chi connectivity index (χ0) is 25.5. The molecule has 2 N–H and O–H groups in total. The molecule has 8 heteroatoms. The van der Waals surface area contributed by atoms with Crippen molar-refractivity contribution in [1.82, 2.24) is 15.1 Å². The maximum atomic E-state index is 13.2. The highest BCUT2D eigenvalue weighted by Gasteiger charge is 2.18. The fourth-order valence-electron chi connectivity index (χ4n) is 3.87. The average Bonchev–Trinajstić information content (AvgIpc) is 3.14. The van der Waals surface area contributed by atoms with Gasteiger partial charge in [-0.3, -0.25) is 14.8 Å². The summed E-state index contributed by atoms with van der Waals surface area (Å²) >= 11 is 0. The predicted molar refractivity (Wildman–Crippen MR) is 140 cm³/mol. The van der Waals surface area contributed by atoms with Crippen molar-refractivity contribution in [1.29, 1.82) is 0 Å². The van der Waals surface area contributed by atoms with E-state index in [0.29, 0.717) is 35.5 Å². The average molecular weight is 478 g/mol. The van der Waals surface area contributed by atoms with Crippen LogP contribution in [0, 0.1) is 13.8 Å². The van der Waals surface area contributed by atoms with Crippen molar-refractivity contribution in [3.63, 3.8) is 0 Å². The summed E-state index contributed by atoms with van der Waals surface area (Å²) in [5.74, 6) is 1.25. The number of aromatic nitrogens is 2. The Balaban J connectivity index is 1.92. The van der Waals surface area contributed by atoms with Crippen LogP contribution in [0.1, 0.15) is 59.6 Å². The molecule has 0 unspecified atom stereocenters. The van der Waals surface area contributed by atoms with Crippen molar-refractivity contribution in [3.05, 3.63) is 70.5 Å². The molecule has 0 aliphatic heterocycles. The van der Waals surface area contributed by atoms with Crippen LogP contribution >= 0.6 is 0 Å². The molecule has 0 atom stereocenters. The van der Waals surface area contributed by atoms with Crippen LogP contribution in [-0.4, -0.2) is 35.9 Å². The van der Waals surface area contributed by atoms with Gasteiger partial charge in [-0.05, 0) is 56.5 Å². The Morgan fingerprint density at radius 1 is 1.09 bits per heavy atom. The first-order valence-corrected chi connectivity index (χ1v) is 11.8. The number of hydrogen-bond donors (Lipinski definition) is 2. The largest absolute Gasteiger partial charge is 0.493 e. The van der Waals surface area contributed by atoms with Crippen LogP contribution in [-0.2, 0) is 13.1 Å². The van der Waals surface area contributed by atoms with Crippen LogP contribution < -0.4 is 20.1 Å². The zero-order valence-corrected chi connectivity index (χ0v) is 21.6. The van der Waals surface area contributed by atoms with Crippen molar-refractivity contribution in [2.45, 2.75) is 53.6 Å². The minimum absolute atomic E-state index is 0.334. The van der Waals surface area contributed by atoms with Crippen LogP contribution in [0.25, 0.3) is 0 Å². The number of carbonyl (C=O) groups excluding carboxylic acids is 1. The number of benzene rings is 2. The van der Waals surface area contributed by atoms with E-state index in [1.807, 2.05) is 30.7 Å². The summed E-state index contributed by atoms with van der Waals surface area (Å²) in [6, 6.07) is 13.3. The quantitative estimate of drug-likeness (QED) is 0.350. The molecule has 2 aromatic carbocycles. The van der Waals surface area contributed by atoms with Gasteiger partial charge in [-0.25, -0.2) is 4.99 Å². The van der Waals surface area contributed by atoms with Crippen LogP contribution in [0.3, 0.4) is 0 Å². The molecule has 0 bridgehead atoms. The number of methoxy groups -OCH3 is 2. The summed E-state index contributed by atoms with van der Waals surface area (Å²) in [5.41, 5.74) is 5.43. The van der Waals surface area contributed by atoms with E-state index < -0.39 is 0 Å².